The Hall–Kier alpha value is -3.69. The lowest BCUT2D eigenvalue weighted by Gasteiger charge is -2.26. The molecule has 11 heteroatoms. The zero-order valence-corrected chi connectivity index (χ0v) is 20.8. The van der Waals surface area contributed by atoms with Crippen molar-refractivity contribution in [1.82, 2.24) is 0 Å². The van der Waals surface area contributed by atoms with Gasteiger partial charge in [-0.25, -0.2) is 0 Å². The maximum atomic E-state index is 13.4. The second kappa shape index (κ2) is 9.99. The van der Waals surface area contributed by atoms with Crippen molar-refractivity contribution in [3.8, 4) is 11.5 Å². The number of nitrogens with zero attached hydrogens (tertiary/aromatic N) is 1. The fraction of sp³-hybridized carbons (Fsp3) is 0.154. The molecule has 0 radical (unpaired) electrons. The molecule has 6 nitrogen and oxygen atoms in total. The molecule has 0 saturated carbocycles. The molecular weight excluding hydrogens is 534 g/mol. The third kappa shape index (κ3) is 4.84. The van der Waals surface area contributed by atoms with Gasteiger partial charge < -0.3 is 14.6 Å². The lowest BCUT2D eigenvalue weighted by Crippen LogP contribution is -2.29. The van der Waals surface area contributed by atoms with Crippen LogP contribution in [-0.4, -0.2) is 31.0 Å². The maximum absolute atomic E-state index is 13.4. The summed E-state index contributed by atoms with van der Waals surface area (Å²) in [4.78, 5) is 27.4. The molecule has 1 aliphatic heterocycles. The maximum Gasteiger partial charge on any atom is 0.416 e. The van der Waals surface area contributed by atoms with Crippen molar-refractivity contribution in [2.75, 3.05) is 19.1 Å². The number of methoxy groups -OCH3 is 2. The van der Waals surface area contributed by atoms with Gasteiger partial charge in [-0.15, -0.1) is 0 Å². The third-order valence-corrected chi connectivity index (χ3v) is 6.36. The summed E-state index contributed by atoms with van der Waals surface area (Å²) >= 11 is 12.4. The summed E-state index contributed by atoms with van der Waals surface area (Å²) in [6, 6.07) is 11.5. The minimum absolute atomic E-state index is 0.0105. The predicted molar refractivity (Wildman–Crippen MR) is 132 cm³/mol. The van der Waals surface area contributed by atoms with Crippen LogP contribution < -0.4 is 14.4 Å². The minimum Gasteiger partial charge on any atom is -0.507 e. The zero-order valence-electron chi connectivity index (χ0n) is 19.3. The zero-order chi connectivity index (χ0) is 27.1. The molecule has 0 aromatic heterocycles. The number of hydrogen-bond donors (Lipinski definition) is 1. The predicted octanol–water partition coefficient (Wildman–Crippen LogP) is 6.66. The number of hydrogen-bond acceptors (Lipinski definition) is 5. The second-order valence-corrected chi connectivity index (χ2v) is 8.78. The summed E-state index contributed by atoms with van der Waals surface area (Å²) in [6.45, 7) is 0. The van der Waals surface area contributed by atoms with Crippen LogP contribution in [0.4, 0.5) is 18.9 Å². The van der Waals surface area contributed by atoms with Gasteiger partial charge in [-0.05, 0) is 48.0 Å². The van der Waals surface area contributed by atoms with Gasteiger partial charge in [0, 0.05) is 11.3 Å². The van der Waals surface area contributed by atoms with Crippen LogP contribution in [0.3, 0.4) is 0 Å². The highest BCUT2D eigenvalue weighted by Crippen LogP contribution is 2.45. The second-order valence-electron chi connectivity index (χ2n) is 7.96. The molecule has 1 heterocycles. The SMILES string of the molecule is COc1ccc(C2/C(=C(\O)c3cc(Cl)c(OC)c(Cl)c3)C(=O)C(=O)N2c2cccc(C(F)(F)F)c2)cc1. The van der Waals surface area contributed by atoms with Gasteiger partial charge in [-0.3, -0.25) is 14.5 Å². The summed E-state index contributed by atoms with van der Waals surface area (Å²) in [5.74, 6) is -2.23. The standard InChI is InChI=1S/C26H18Cl2F3NO5/c1-36-17-8-6-13(7-9-17)21-20(22(33)14-10-18(27)24(37-2)19(28)11-14)23(34)25(35)32(21)16-5-3-4-15(12-16)26(29,30)31/h3-12,21,33H,1-2H3/b22-20+. The quantitative estimate of drug-likeness (QED) is 0.218. The van der Waals surface area contributed by atoms with E-state index >= 15 is 0 Å². The van der Waals surface area contributed by atoms with E-state index < -0.39 is 35.2 Å². The van der Waals surface area contributed by atoms with Gasteiger partial charge in [0.25, 0.3) is 11.7 Å². The van der Waals surface area contributed by atoms with Crippen molar-refractivity contribution < 1.29 is 37.3 Å². The van der Waals surface area contributed by atoms with E-state index in [1.165, 1.54) is 44.6 Å². The van der Waals surface area contributed by atoms with Crippen molar-refractivity contribution >= 4 is 46.3 Å². The molecule has 192 valence electrons. The lowest BCUT2D eigenvalue weighted by atomic mass is 9.95. The highest BCUT2D eigenvalue weighted by molar-refractivity contribution is 6.51. The van der Waals surface area contributed by atoms with Crippen LogP contribution in [0.15, 0.2) is 66.2 Å². The molecule has 1 amide bonds. The Balaban J connectivity index is 1.96. The summed E-state index contributed by atoms with van der Waals surface area (Å²) in [5, 5.41) is 11.3. The number of ether oxygens (including phenoxy) is 2. The van der Waals surface area contributed by atoms with E-state index in [-0.39, 0.29) is 32.6 Å². The van der Waals surface area contributed by atoms with Gasteiger partial charge >= 0.3 is 6.18 Å². The average molecular weight is 552 g/mol. The summed E-state index contributed by atoms with van der Waals surface area (Å²) in [5.41, 5.74) is -1.19. The molecule has 3 aromatic rings. The Bertz CT molecular complexity index is 1400. The number of aliphatic hydroxyl groups is 1. The normalized spacial score (nSPS) is 17.3. The van der Waals surface area contributed by atoms with Crippen LogP contribution in [0, 0.1) is 0 Å². The monoisotopic (exact) mass is 551 g/mol. The first-order valence-electron chi connectivity index (χ1n) is 10.6. The Morgan fingerprint density at radius 1 is 0.946 bits per heavy atom. The van der Waals surface area contributed by atoms with Crippen molar-refractivity contribution in [2.24, 2.45) is 0 Å². The van der Waals surface area contributed by atoms with Gasteiger partial charge in [0.1, 0.15) is 11.5 Å². The van der Waals surface area contributed by atoms with Gasteiger partial charge in [-0.2, -0.15) is 13.2 Å². The van der Waals surface area contributed by atoms with Crippen LogP contribution in [0.2, 0.25) is 10.0 Å². The van der Waals surface area contributed by atoms with Crippen molar-refractivity contribution in [3.05, 3.63) is 93.0 Å². The number of alkyl halides is 3. The molecule has 1 unspecified atom stereocenters. The number of Topliss-reactive ketones (excluding diaryl/α,β-unsaturated/α-hetero) is 1. The van der Waals surface area contributed by atoms with Crippen LogP contribution in [0.5, 0.6) is 11.5 Å². The van der Waals surface area contributed by atoms with Gasteiger partial charge in [0.2, 0.25) is 0 Å². The molecule has 0 bridgehead atoms. The number of carbonyl (C=O) groups is 2. The van der Waals surface area contributed by atoms with Crippen LogP contribution in [-0.2, 0) is 15.8 Å². The number of halogens is 5. The van der Waals surface area contributed by atoms with E-state index in [0.717, 1.165) is 23.1 Å². The first-order valence-corrected chi connectivity index (χ1v) is 11.4. The van der Waals surface area contributed by atoms with E-state index in [4.69, 9.17) is 32.7 Å². The van der Waals surface area contributed by atoms with Crippen molar-refractivity contribution in [2.45, 2.75) is 12.2 Å². The summed E-state index contributed by atoms with van der Waals surface area (Å²) < 4.78 is 50.5. The van der Waals surface area contributed by atoms with E-state index in [9.17, 15) is 27.9 Å². The smallest absolute Gasteiger partial charge is 0.416 e. The van der Waals surface area contributed by atoms with Gasteiger partial charge in [0.15, 0.2) is 5.75 Å². The van der Waals surface area contributed by atoms with Crippen molar-refractivity contribution in [1.29, 1.82) is 0 Å². The Kier molecular flexibility index (Phi) is 7.12. The first kappa shape index (κ1) is 26.4. The Morgan fingerprint density at radius 2 is 1.57 bits per heavy atom. The molecule has 3 aromatic carbocycles. The Morgan fingerprint density at radius 3 is 2.11 bits per heavy atom. The fourth-order valence-corrected chi connectivity index (χ4v) is 4.72. The third-order valence-electron chi connectivity index (χ3n) is 5.80. The highest BCUT2D eigenvalue weighted by atomic mass is 35.5. The average Bonchev–Trinajstić information content (AvgIpc) is 3.13. The molecule has 0 aliphatic carbocycles. The minimum atomic E-state index is -4.68. The number of amides is 1. The van der Waals surface area contributed by atoms with E-state index in [2.05, 4.69) is 0 Å². The fourth-order valence-electron chi connectivity index (χ4n) is 4.08. The van der Waals surface area contributed by atoms with E-state index in [0.29, 0.717) is 11.3 Å². The Labute approximate surface area is 219 Å². The van der Waals surface area contributed by atoms with Crippen molar-refractivity contribution in [3.63, 3.8) is 0 Å². The molecule has 1 aliphatic rings. The molecule has 1 atom stereocenters. The molecule has 0 spiro atoms. The van der Waals surface area contributed by atoms with Crippen LogP contribution in [0.25, 0.3) is 5.76 Å². The van der Waals surface area contributed by atoms with Crippen LogP contribution in [0.1, 0.15) is 22.7 Å². The van der Waals surface area contributed by atoms with Gasteiger partial charge in [0.05, 0.1) is 41.4 Å². The number of aliphatic hydroxyl groups excluding tert-OH is 1. The topological polar surface area (TPSA) is 76.1 Å². The molecule has 37 heavy (non-hydrogen) atoms. The highest BCUT2D eigenvalue weighted by Gasteiger charge is 2.47. The first-order chi connectivity index (χ1) is 17.5. The molecule has 1 saturated heterocycles. The number of anilines is 1. The molecule has 1 N–H and O–H groups in total. The molecule has 4 rings (SSSR count). The summed E-state index contributed by atoms with van der Waals surface area (Å²) in [7, 11) is 2.79. The number of ketones is 1. The van der Waals surface area contributed by atoms with Gasteiger partial charge in [-0.1, -0.05) is 41.4 Å². The largest absolute Gasteiger partial charge is 0.507 e. The summed E-state index contributed by atoms with van der Waals surface area (Å²) in [6.07, 6.45) is -4.68. The molecule has 1 fully saturated rings. The van der Waals surface area contributed by atoms with Crippen LogP contribution >= 0.6 is 23.2 Å². The number of benzene rings is 3. The van der Waals surface area contributed by atoms with E-state index in [1.54, 1.807) is 12.1 Å². The lowest BCUT2D eigenvalue weighted by molar-refractivity contribution is -0.137. The molecular formula is C26H18Cl2F3NO5. The van der Waals surface area contributed by atoms with E-state index in [1.807, 2.05) is 0 Å². The number of rotatable bonds is 5. The number of carbonyl (C=O) groups excluding carboxylic acids is 2.